The zero-order valence-corrected chi connectivity index (χ0v) is 12.2. The normalized spacial score (nSPS) is 17.9. The highest BCUT2D eigenvalue weighted by molar-refractivity contribution is 5.57. The first-order valence-electron chi connectivity index (χ1n) is 7.09. The molecule has 1 aliphatic rings. The van der Waals surface area contributed by atoms with Crippen LogP contribution in [0.15, 0.2) is 12.3 Å². The van der Waals surface area contributed by atoms with Gasteiger partial charge in [-0.1, -0.05) is 0 Å². The van der Waals surface area contributed by atoms with E-state index < -0.39 is 0 Å². The molecule has 1 aromatic heterocycles. The molecule has 1 aromatic rings. The lowest BCUT2D eigenvalue weighted by molar-refractivity contribution is 0.204. The van der Waals surface area contributed by atoms with E-state index >= 15 is 0 Å². The van der Waals surface area contributed by atoms with Crippen molar-refractivity contribution in [2.24, 2.45) is 0 Å². The van der Waals surface area contributed by atoms with Gasteiger partial charge in [0.15, 0.2) is 0 Å². The first kappa shape index (κ1) is 14.8. The summed E-state index contributed by atoms with van der Waals surface area (Å²) in [5.74, 6) is 0.776. The molecule has 0 radical (unpaired) electrons. The van der Waals surface area contributed by atoms with Crippen LogP contribution in [-0.4, -0.2) is 44.4 Å². The minimum absolute atomic E-state index is 0.473. The number of hydrogen-bond acceptors (Lipinski definition) is 5. The van der Waals surface area contributed by atoms with Gasteiger partial charge in [-0.15, -0.1) is 0 Å². The van der Waals surface area contributed by atoms with Crippen LogP contribution in [0, 0.1) is 18.3 Å². The summed E-state index contributed by atoms with van der Waals surface area (Å²) in [6.07, 6.45) is 4.17. The van der Waals surface area contributed by atoms with E-state index in [-0.39, 0.29) is 0 Å². The number of nitriles is 1. The number of ether oxygens (including phenoxy) is 1. The van der Waals surface area contributed by atoms with Crippen LogP contribution in [0.4, 0.5) is 5.82 Å². The Morgan fingerprint density at radius 3 is 3.10 bits per heavy atom. The fraction of sp³-hybridized carbons (Fsp3) is 0.600. The summed E-state index contributed by atoms with van der Waals surface area (Å²) in [6, 6.07) is 4.63. The summed E-state index contributed by atoms with van der Waals surface area (Å²) in [6.45, 7) is 5.28. The van der Waals surface area contributed by atoms with E-state index in [9.17, 15) is 5.26 Å². The van der Waals surface area contributed by atoms with Crippen molar-refractivity contribution in [3.63, 3.8) is 0 Å². The van der Waals surface area contributed by atoms with Gasteiger partial charge in [0, 0.05) is 32.4 Å². The van der Waals surface area contributed by atoms with Crippen molar-refractivity contribution in [3.05, 3.63) is 23.4 Å². The number of rotatable bonds is 6. The van der Waals surface area contributed by atoms with Gasteiger partial charge in [0.1, 0.15) is 11.9 Å². The fourth-order valence-corrected chi connectivity index (χ4v) is 2.59. The Morgan fingerprint density at radius 1 is 1.60 bits per heavy atom. The second kappa shape index (κ2) is 7.22. The van der Waals surface area contributed by atoms with Crippen LogP contribution < -0.4 is 10.2 Å². The molecule has 1 N–H and O–H groups in total. The first-order valence-corrected chi connectivity index (χ1v) is 7.09. The fourth-order valence-electron chi connectivity index (χ4n) is 2.59. The smallest absolute Gasteiger partial charge is 0.146 e. The maximum atomic E-state index is 9.37. The Bertz CT molecular complexity index is 477. The second-order valence-electron chi connectivity index (χ2n) is 5.17. The van der Waals surface area contributed by atoms with Gasteiger partial charge < -0.3 is 15.0 Å². The molecule has 1 fully saturated rings. The van der Waals surface area contributed by atoms with Crippen LogP contribution >= 0.6 is 0 Å². The highest BCUT2D eigenvalue weighted by Crippen LogP contribution is 2.21. The van der Waals surface area contributed by atoms with E-state index in [2.05, 4.69) is 21.3 Å². The monoisotopic (exact) mass is 274 g/mol. The number of methoxy groups -OCH3 is 1. The quantitative estimate of drug-likeness (QED) is 0.851. The third-order valence-electron chi connectivity index (χ3n) is 3.72. The minimum atomic E-state index is 0.473. The predicted molar refractivity (Wildman–Crippen MR) is 78.8 cm³/mol. The van der Waals surface area contributed by atoms with Gasteiger partial charge in [-0.05, 0) is 37.9 Å². The van der Waals surface area contributed by atoms with Crippen LogP contribution in [0.2, 0.25) is 0 Å². The molecular weight excluding hydrogens is 252 g/mol. The average molecular weight is 274 g/mol. The molecule has 0 amide bonds. The van der Waals surface area contributed by atoms with Crippen LogP contribution in [0.25, 0.3) is 0 Å². The third-order valence-corrected chi connectivity index (χ3v) is 3.72. The van der Waals surface area contributed by atoms with Gasteiger partial charge in [0.2, 0.25) is 0 Å². The lowest BCUT2D eigenvalue weighted by Gasteiger charge is -2.27. The molecule has 2 heterocycles. The Kier molecular flexibility index (Phi) is 5.33. The van der Waals surface area contributed by atoms with Gasteiger partial charge in [-0.25, -0.2) is 4.98 Å². The number of aryl methyl sites for hydroxylation is 1. The zero-order chi connectivity index (χ0) is 14.4. The molecule has 1 unspecified atom stereocenters. The molecule has 0 aliphatic carbocycles. The standard InChI is InChI=1S/C15H22N4O/c1-12-5-7-18-15(14(12)10-16)19(8-9-20-2)11-13-4-3-6-17-13/h5,7,13,17H,3-4,6,8-9,11H2,1-2H3. The molecule has 5 nitrogen and oxygen atoms in total. The van der Waals surface area contributed by atoms with Gasteiger partial charge in [0.05, 0.1) is 12.2 Å². The molecule has 0 bridgehead atoms. The summed E-state index contributed by atoms with van der Waals surface area (Å²) in [4.78, 5) is 6.59. The van der Waals surface area contributed by atoms with E-state index in [1.54, 1.807) is 13.3 Å². The van der Waals surface area contributed by atoms with E-state index in [1.165, 1.54) is 12.8 Å². The maximum absolute atomic E-state index is 9.37. The zero-order valence-electron chi connectivity index (χ0n) is 12.2. The van der Waals surface area contributed by atoms with Crippen molar-refractivity contribution in [3.8, 4) is 6.07 Å². The van der Waals surface area contributed by atoms with E-state index in [1.807, 2.05) is 13.0 Å². The summed E-state index contributed by atoms with van der Waals surface area (Å²) < 4.78 is 5.19. The van der Waals surface area contributed by atoms with Crippen LogP contribution in [0.5, 0.6) is 0 Å². The molecular formula is C15H22N4O. The van der Waals surface area contributed by atoms with Crippen LogP contribution in [0.3, 0.4) is 0 Å². The second-order valence-corrected chi connectivity index (χ2v) is 5.17. The van der Waals surface area contributed by atoms with Crippen LogP contribution in [-0.2, 0) is 4.74 Å². The topological polar surface area (TPSA) is 61.2 Å². The molecule has 0 aromatic carbocycles. The number of nitrogens with one attached hydrogen (secondary N) is 1. The van der Waals surface area contributed by atoms with E-state index in [0.717, 1.165) is 31.0 Å². The highest BCUT2D eigenvalue weighted by Gasteiger charge is 2.21. The van der Waals surface area contributed by atoms with Crippen molar-refractivity contribution in [2.75, 3.05) is 38.3 Å². The number of pyridine rings is 1. The lowest BCUT2D eigenvalue weighted by Crippen LogP contribution is -2.40. The average Bonchev–Trinajstić information content (AvgIpc) is 2.96. The lowest BCUT2D eigenvalue weighted by atomic mass is 10.1. The van der Waals surface area contributed by atoms with E-state index in [4.69, 9.17) is 4.74 Å². The molecule has 1 saturated heterocycles. The van der Waals surface area contributed by atoms with Crippen molar-refractivity contribution >= 4 is 5.82 Å². The minimum Gasteiger partial charge on any atom is -0.383 e. The Balaban J connectivity index is 2.21. The largest absolute Gasteiger partial charge is 0.383 e. The van der Waals surface area contributed by atoms with Crippen molar-refractivity contribution < 1.29 is 4.74 Å². The molecule has 0 spiro atoms. The van der Waals surface area contributed by atoms with Crippen molar-refractivity contribution in [1.29, 1.82) is 5.26 Å². The van der Waals surface area contributed by atoms with Gasteiger partial charge >= 0.3 is 0 Å². The van der Waals surface area contributed by atoms with Crippen LogP contribution in [0.1, 0.15) is 24.0 Å². The molecule has 108 valence electrons. The number of anilines is 1. The molecule has 1 aliphatic heterocycles. The summed E-state index contributed by atoms with van der Waals surface area (Å²) in [5.41, 5.74) is 1.64. The molecule has 20 heavy (non-hydrogen) atoms. The summed E-state index contributed by atoms with van der Waals surface area (Å²) in [5, 5.41) is 12.9. The molecule has 5 heteroatoms. The van der Waals surface area contributed by atoms with Gasteiger partial charge in [0.25, 0.3) is 0 Å². The maximum Gasteiger partial charge on any atom is 0.146 e. The summed E-state index contributed by atoms with van der Waals surface area (Å²) >= 11 is 0. The van der Waals surface area contributed by atoms with Crippen molar-refractivity contribution in [2.45, 2.75) is 25.8 Å². The predicted octanol–water partition coefficient (Wildman–Crippen LogP) is 1.47. The first-order chi connectivity index (χ1) is 9.76. The number of nitrogens with zero attached hydrogens (tertiary/aromatic N) is 3. The Morgan fingerprint density at radius 2 is 2.45 bits per heavy atom. The molecule has 1 atom stereocenters. The molecule has 0 saturated carbocycles. The third kappa shape index (κ3) is 3.47. The Hall–Kier alpha value is -1.64. The summed E-state index contributed by atoms with van der Waals surface area (Å²) in [7, 11) is 1.70. The van der Waals surface area contributed by atoms with Gasteiger partial charge in [-0.3, -0.25) is 0 Å². The van der Waals surface area contributed by atoms with Crippen molar-refractivity contribution in [1.82, 2.24) is 10.3 Å². The highest BCUT2D eigenvalue weighted by atomic mass is 16.5. The van der Waals surface area contributed by atoms with E-state index in [0.29, 0.717) is 18.2 Å². The SMILES string of the molecule is COCCN(CC1CCCN1)c1nccc(C)c1C#N. The van der Waals surface area contributed by atoms with Gasteiger partial charge in [-0.2, -0.15) is 5.26 Å². The number of hydrogen-bond donors (Lipinski definition) is 1. The number of aromatic nitrogens is 1. The Labute approximate surface area is 120 Å². The molecule has 2 rings (SSSR count).